The maximum Gasteiger partial charge on any atom is 0.407 e. The largest absolute Gasteiger partial charge is 0.465 e. The van der Waals surface area contributed by atoms with Crippen molar-refractivity contribution in [1.82, 2.24) is 14.6 Å². The van der Waals surface area contributed by atoms with Crippen LogP contribution in [0.25, 0.3) is 0 Å². The number of nitrogens with one attached hydrogen (secondary N) is 1. The highest BCUT2D eigenvalue weighted by atomic mass is 32.2. The first-order valence-electron chi connectivity index (χ1n) is 6.95. The van der Waals surface area contributed by atoms with E-state index in [0.29, 0.717) is 18.9 Å². The Morgan fingerprint density at radius 2 is 2.17 bits per heavy atom. The average Bonchev–Trinajstić information content (AvgIpc) is 2.55. The summed E-state index contributed by atoms with van der Waals surface area (Å²) in [6.07, 6.45) is 0.303. The number of hydrogen-bond donors (Lipinski definition) is 2. The number of anilines is 1. The van der Waals surface area contributed by atoms with Gasteiger partial charge in [0.1, 0.15) is 16.8 Å². The second kappa shape index (κ2) is 6.85. The summed E-state index contributed by atoms with van der Waals surface area (Å²) in [5, 5.41) is 9.10. The Morgan fingerprint density at radius 1 is 1.43 bits per heavy atom. The van der Waals surface area contributed by atoms with Crippen LogP contribution < -0.4 is 9.62 Å². The van der Waals surface area contributed by atoms with Crippen LogP contribution in [-0.2, 0) is 10.0 Å². The second-order valence-electron chi connectivity index (χ2n) is 4.89. The zero-order valence-electron chi connectivity index (χ0n) is 12.9. The molecule has 0 aromatic carbocycles. The van der Waals surface area contributed by atoms with Crippen molar-refractivity contribution in [3.05, 3.63) is 18.3 Å². The number of carbonyl (C=O) groups is 1. The van der Waals surface area contributed by atoms with Gasteiger partial charge in [-0.05, 0) is 26.1 Å². The number of sulfonamides is 1. The number of hydrogen-bond acceptors (Lipinski definition) is 5. The molecular formula is C14H18N4O4S. The van der Waals surface area contributed by atoms with Crippen LogP contribution in [-0.4, -0.2) is 62.2 Å². The quantitative estimate of drug-likeness (QED) is 0.762. The molecule has 0 radical (unpaired) electrons. The Kier molecular flexibility index (Phi) is 5.08. The Bertz CT molecular complexity index is 736. The van der Waals surface area contributed by atoms with E-state index in [1.54, 1.807) is 13.0 Å². The Morgan fingerprint density at radius 3 is 2.70 bits per heavy atom. The smallest absolute Gasteiger partial charge is 0.407 e. The lowest BCUT2D eigenvalue weighted by Gasteiger charge is -2.38. The number of carboxylic acid groups (broad SMARTS) is 1. The highest BCUT2D eigenvalue weighted by molar-refractivity contribution is 7.89. The summed E-state index contributed by atoms with van der Waals surface area (Å²) in [4.78, 5) is 18.6. The lowest BCUT2D eigenvalue weighted by Crippen LogP contribution is -2.54. The molecule has 0 saturated carbocycles. The van der Waals surface area contributed by atoms with Gasteiger partial charge in [-0.2, -0.15) is 0 Å². The summed E-state index contributed by atoms with van der Waals surface area (Å²) in [5.41, 5.74) is 0. The van der Waals surface area contributed by atoms with Crippen LogP contribution in [0, 0.1) is 11.8 Å². The van der Waals surface area contributed by atoms with Gasteiger partial charge in [0.25, 0.3) is 0 Å². The van der Waals surface area contributed by atoms with Gasteiger partial charge in [0.05, 0.1) is 6.54 Å². The second-order valence-corrected chi connectivity index (χ2v) is 6.78. The van der Waals surface area contributed by atoms with Crippen molar-refractivity contribution in [2.45, 2.75) is 17.9 Å². The average molecular weight is 338 g/mol. The molecule has 1 fully saturated rings. The van der Waals surface area contributed by atoms with E-state index in [0.717, 1.165) is 0 Å². The maximum absolute atomic E-state index is 11.7. The number of aromatic nitrogens is 1. The van der Waals surface area contributed by atoms with Crippen molar-refractivity contribution in [3.63, 3.8) is 0 Å². The zero-order chi connectivity index (χ0) is 17.0. The van der Waals surface area contributed by atoms with Gasteiger partial charge < -0.3 is 14.9 Å². The van der Waals surface area contributed by atoms with Crippen LogP contribution >= 0.6 is 0 Å². The van der Waals surface area contributed by atoms with Crippen molar-refractivity contribution < 1.29 is 18.3 Å². The van der Waals surface area contributed by atoms with Crippen molar-refractivity contribution in [3.8, 4) is 11.8 Å². The van der Waals surface area contributed by atoms with Crippen molar-refractivity contribution in [2.75, 3.05) is 31.6 Å². The molecule has 1 aromatic rings. The minimum atomic E-state index is -3.53. The van der Waals surface area contributed by atoms with Crippen LogP contribution in [0.1, 0.15) is 6.92 Å². The molecule has 8 nitrogen and oxygen atoms in total. The van der Waals surface area contributed by atoms with E-state index in [4.69, 9.17) is 5.11 Å². The first kappa shape index (κ1) is 17.1. The highest BCUT2D eigenvalue weighted by Gasteiger charge is 2.29. The molecule has 23 heavy (non-hydrogen) atoms. The minimum absolute atomic E-state index is 0.0750. The molecule has 0 unspecified atom stereocenters. The Labute approximate surface area is 135 Å². The maximum atomic E-state index is 11.7. The van der Waals surface area contributed by atoms with Gasteiger partial charge in [0.2, 0.25) is 10.0 Å². The number of nitrogens with zero attached hydrogens (tertiary/aromatic N) is 3. The predicted molar refractivity (Wildman–Crippen MR) is 84.7 cm³/mol. The summed E-state index contributed by atoms with van der Waals surface area (Å²) >= 11 is 0. The fraction of sp³-hybridized carbons (Fsp3) is 0.429. The number of piperazine rings is 1. The van der Waals surface area contributed by atoms with Crippen LogP contribution in [0.2, 0.25) is 0 Å². The minimum Gasteiger partial charge on any atom is -0.465 e. The van der Waals surface area contributed by atoms with Gasteiger partial charge >= 0.3 is 6.09 Å². The first-order valence-corrected chi connectivity index (χ1v) is 8.43. The normalized spacial score (nSPS) is 18.3. The van der Waals surface area contributed by atoms with E-state index in [1.165, 1.54) is 24.2 Å². The van der Waals surface area contributed by atoms with E-state index in [1.807, 2.05) is 4.90 Å². The van der Waals surface area contributed by atoms with Crippen LogP contribution in [0.5, 0.6) is 0 Å². The van der Waals surface area contributed by atoms with Crippen LogP contribution in [0.4, 0.5) is 10.6 Å². The van der Waals surface area contributed by atoms with E-state index < -0.39 is 16.1 Å². The van der Waals surface area contributed by atoms with E-state index in [9.17, 15) is 13.2 Å². The van der Waals surface area contributed by atoms with Crippen molar-refractivity contribution in [2.24, 2.45) is 0 Å². The van der Waals surface area contributed by atoms with Gasteiger partial charge in [0.15, 0.2) is 0 Å². The third-order valence-corrected chi connectivity index (χ3v) is 4.96. The molecule has 1 aromatic heterocycles. The molecule has 0 spiro atoms. The summed E-state index contributed by atoms with van der Waals surface area (Å²) in [6, 6.07) is 2.75. The van der Waals surface area contributed by atoms with Gasteiger partial charge in [-0.3, -0.25) is 0 Å². The Balaban J connectivity index is 2.25. The molecule has 2 rings (SSSR count). The third-order valence-electron chi connectivity index (χ3n) is 3.56. The van der Waals surface area contributed by atoms with Crippen LogP contribution in [0.15, 0.2) is 23.2 Å². The molecule has 0 aliphatic carbocycles. The summed E-state index contributed by atoms with van der Waals surface area (Å²) in [7, 11) is -2.20. The van der Waals surface area contributed by atoms with Gasteiger partial charge in [-0.15, -0.1) is 5.92 Å². The molecule has 1 aliphatic rings. The molecule has 1 saturated heterocycles. The lowest BCUT2D eigenvalue weighted by molar-refractivity contribution is 0.138. The van der Waals surface area contributed by atoms with E-state index in [2.05, 4.69) is 21.5 Å². The third kappa shape index (κ3) is 3.72. The van der Waals surface area contributed by atoms with Gasteiger partial charge in [-0.1, -0.05) is 5.92 Å². The summed E-state index contributed by atoms with van der Waals surface area (Å²) in [6.45, 7) is 2.73. The monoisotopic (exact) mass is 338 g/mol. The molecule has 0 bridgehead atoms. The molecule has 124 valence electrons. The first-order chi connectivity index (χ1) is 10.9. The number of amides is 1. The van der Waals surface area contributed by atoms with Gasteiger partial charge in [0, 0.05) is 19.3 Å². The lowest BCUT2D eigenvalue weighted by atomic mass is 10.1. The topological polar surface area (TPSA) is 103 Å². The van der Waals surface area contributed by atoms with Gasteiger partial charge in [-0.25, -0.2) is 22.9 Å². The standard InChI is InChI=1S/C14H18N4O4S/c1-3-4-11-10-17(14(19)20)7-8-18(11)13-6-5-12(9-16-13)23(21,22)15-2/h5-6,9,11,15H,7-8,10H2,1-2H3,(H,19,20)/t11-/m0/s1. The summed E-state index contributed by atoms with van der Waals surface area (Å²) in [5.74, 6) is 6.34. The fourth-order valence-corrected chi connectivity index (χ4v) is 3.01. The highest BCUT2D eigenvalue weighted by Crippen LogP contribution is 2.20. The Hall–Kier alpha value is -2.31. The predicted octanol–water partition coefficient (Wildman–Crippen LogP) is 0.182. The van der Waals surface area contributed by atoms with E-state index >= 15 is 0 Å². The van der Waals surface area contributed by atoms with Crippen molar-refractivity contribution >= 4 is 21.9 Å². The molecule has 1 aliphatic heterocycles. The number of rotatable bonds is 3. The fourth-order valence-electron chi connectivity index (χ4n) is 2.34. The molecular weight excluding hydrogens is 320 g/mol. The molecule has 1 amide bonds. The summed E-state index contributed by atoms with van der Waals surface area (Å²) < 4.78 is 25.7. The molecule has 2 N–H and O–H groups in total. The number of pyridine rings is 1. The SMILES string of the molecule is CC#C[C@H]1CN(C(=O)O)CCN1c1ccc(S(=O)(=O)NC)cn1. The van der Waals surface area contributed by atoms with Crippen LogP contribution in [0.3, 0.4) is 0 Å². The zero-order valence-corrected chi connectivity index (χ0v) is 13.7. The van der Waals surface area contributed by atoms with Crippen molar-refractivity contribution in [1.29, 1.82) is 0 Å². The molecule has 2 heterocycles. The molecule has 9 heteroatoms. The molecule has 1 atom stereocenters. The van der Waals surface area contributed by atoms with E-state index in [-0.39, 0.29) is 17.5 Å².